The fourth-order valence-electron chi connectivity index (χ4n) is 3.74. The Morgan fingerprint density at radius 3 is 2.03 bits per heavy atom. The summed E-state index contributed by atoms with van der Waals surface area (Å²) in [4.78, 5) is 16.6. The first-order valence-electron chi connectivity index (χ1n) is 10.6. The summed E-state index contributed by atoms with van der Waals surface area (Å²) in [6, 6.07) is 12.9. The van der Waals surface area contributed by atoms with Crippen molar-refractivity contribution in [2.45, 2.75) is 13.2 Å². The average Bonchev–Trinajstić information content (AvgIpc) is 2.85. The lowest BCUT2D eigenvalue weighted by molar-refractivity contribution is 0.0627. The Labute approximate surface area is 193 Å². The second-order valence-corrected chi connectivity index (χ2v) is 7.94. The van der Waals surface area contributed by atoms with Gasteiger partial charge in [0.15, 0.2) is 17.4 Å². The van der Waals surface area contributed by atoms with Crippen LogP contribution in [0.4, 0.5) is 22.0 Å². The standard InChI is InChI=1S/C25H21F5N2O2/c26-19-4-2-1-3-18(19)14-31-9-11-32(12-10-31)25(33)17-7-5-16(6-8-17)15-34-24-22(29)20(27)13-21(28)23(24)30/h1-8,13H,9-12,14-15H2. The molecule has 4 rings (SSSR count). The number of carbonyl (C=O) groups is 1. The summed E-state index contributed by atoms with van der Waals surface area (Å²) in [7, 11) is 0. The summed E-state index contributed by atoms with van der Waals surface area (Å²) in [5.74, 6) is -7.89. The third-order valence-electron chi connectivity index (χ3n) is 5.67. The van der Waals surface area contributed by atoms with Crippen LogP contribution in [0.25, 0.3) is 0 Å². The van der Waals surface area contributed by atoms with Crippen LogP contribution in [0.3, 0.4) is 0 Å². The lowest BCUT2D eigenvalue weighted by Gasteiger charge is -2.34. The minimum absolute atomic E-state index is 0.109. The largest absolute Gasteiger partial charge is 0.483 e. The molecule has 0 saturated carbocycles. The highest BCUT2D eigenvalue weighted by atomic mass is 19.2. The molecular formula is C25H21F5N2O2. The summed E-state index contributed by atoms with van der Waals surface area (Å²) in [5, 5.41) is 0. The lowest BCUT2D eigenvalue weighted by atomic mass is 10.1. The van der Waals surface area contributed by atoms with Gasteiger partial charge in [0.2, 0.25) is 11.6 Å². The Morgan fingerprint density at radius 2 is 1.41 bits per heavy atom. The fourth-order valence-corrected chi connectivity index (χ4v) is 3.74. The highest BCUT2D eigenvalue weighted by Crippen LogP contribution is 2.27. The zero-order valence-corrected chi connectivity index (χ0v) is 18.0. The van der Waals surface area contributed by atoms with Gasteiger partial charge in [-0.3, -0.25) is 9.69 Å². The third-order valence-corrected chi connectivity index (χ3v) is 5.67. The highest BCUT2D eigenvalue weighted by molar-refractivity contribution is 5.94. The number of rotatable bonds is 6. The minimum atomic E-state index is -1.61. The predicted octanol–water partition coefficient (Wildman–Crippen LogP) is 4.92. The number of hydrogen-bond donors (Lipinski definition) is 0. The van der Waals surface area contributed by atoms with E-state index in [9.17, 15) is 26.7 Å². The van der Waals surface area contributed by atoms with Gasteiger partial charge in [0.05, 0.1) is 0 Å². The van der Waals surface area contributed by atoms with Crippen molar-refractivity contribution in [2.24, 2.45) is 0 Å². The third kappa shape index (κ3) is 5.20. The van der Waals surface area contributed by atoms with Gasteiger partial charge in [0, 0.05) is 49.9 Å². The Morgan fingerprint density at radius 1 is 0.794 bits per heavy atom. The number of halogens is 5. The van der Waals surface area contributed by atoms with Crippen LogP contribution >= 0.6 is 0 Å². The summed E-state index contributed by atoms with van der Waals surface area (Å²) >= 11 is 0. The van der Waals surface area contributed by atoms with E-state index in [0.29, 0.717) is 49.4 Å². The maximum absolute atomic E-state index is 13.9. The van der Waals surface area contributed by atoms with E-state index in [0.717, 1.165) is 0 Å². The first-order valence-corrected chi connectivity index (χ1v) is 10.6. The Kier molecular flexibility index (Phi) is 7.12. The van der Waals surface area contributed by atoms with Crippen molar-refractivity contribution in [3.8, 4) is 5.75 Å². The predicted molar refractivity (Wildman–Crippen MR) is 115 cm³/mol. The van der Waals surface area contributed by atoms with E-state index in [-0.39, 0.29) is 24.4 Å². The van der Waals surface area contributed by atoms with Crippen LogP contribution in [0.15, 0.2) is 54.6 Å². The van der Waals surface area contributed by atoms with Crippen molar-refractivity contribution in [2.75, 3.05) is 26.2 Å². The van der Waals surface area contributed by atoms with Gasteiger partial charge in [-0.05, 0) is 23.8 Å². The molecule has 0 N–H and O–H groups in total. The van der Waals surface area contributed by atoms with Crippen LogP contribution in [0, 0.1) is 29.1 Å². The molecule has 34 heavy (non-hydrogen) atoms. The van der Waals surface area contributed by atoms with Crippen LogP contribution in [-0.4, -0.2) is 41.9 Å². The SMILES string of the molecule is O=C(c1ccc(COc2c(F)c(F)cc(F)c2F)cc1)N1CCN(Cc2ccccc2F)CC1. The maximum Gasteiger partial charge on any atom is 0.253 e. The first-order chi connectivity index (χ1) is 16.3. The average molecular weight is 476 g/mol. The highest BCUT2D eigenvalue weighted by Gasteiger charge is 2.23. The zero-order valence-electron chi connectivity index (χ0n) is 18.0. The molecule has 0 aromatic heterocycles. The Bertz CT molecular complexity index is 1150. The molecular weight excluding hydrogens is 455 g/mol. The van der Waals surface area contributed by atoms with Gasteiger partial charge in [0.1, 0.15) is 12.4 Å². The normalized spacial score (nSPS) is 14.3. The fraction of sp³-hybridized carbons (Fsp3) is 0.240. The molecule has 3 aromatic rings. The molecule has 1 saturated heterocycles. The van der Waals surface area contributed by atoms with E-state index in [2.05, 4.69) is 4.90 Å². The minimum Gasteiger partial charge on any atom is -0.483 e. The molecule has 1 heterocycles. The molecule has 0 atom stereocenters. The van der Waals surface area contributed by atoms with E-state index in [1.165, 1.54) is 18.2 Å². The zero-order chi connectivity index (χ0) is 24.2. The first kappa shape index (κ1) is 23.7. The van der Waals surface area contributed by atoms with Crippen molar-refractivity contribution in [3.63, 3.8) is 0 Å². The van der Waals surface area contributed by atoms with E-state index in [1.807, 2.05) is 0 Å². The summed E-state index contributed by atoms with van der Waals surface area (Å²) in [6.45, 7) is 2.31. The van der Waals surface area contributed by atoms with Crippen LogP contribution in [0.1, 0.15) is 21.5 Å². The van der Waals surface area contributed by atoms with Crippen LogP contribution in [0.5, 0.6) is 5.75 Å². The van der Waals surface area contributed by atoms with Crippen LogP contribution < -0.4 is 4.74 Å². The number of ether oxygens (including phenoxy) is 1. The van der Waals surface area contributed by atoms with E-state index >= 15 is 0 Å². The molecule has 0 spiro atoms. The van der Waals surface area contributed by atoms with E-state index < -0.39 is 29.0 Å². The summed E-state index contributed by atoms with van der Waals surface area (Å²) < 4.78 is 72.8. The van der Waals surface area contributed by atoms with Crippen molar-refractivity contribution in [1.29, 1.82) is 0 Å². The number of carbonyl (C=O) groups excluding carboxylic acids is 1. The maximum atomic E-state index is 13.9. The second-order valence-electron chi connectivity index (χ2n) is 7.94. The lowest BCUT2D eigenvalue weighted by Crippen LogP contribution is -2.48. The molecule has 0 bridgehead atoms. The van der Waals surface area contributed by atoms with Gasteiger partial charge < -0.3 is 9.64 Å². The molecule has 178 valence electrons. The Hall–Kier alpha value is -3.46. The van der Waals surface area contributed by atoms with Crippen LogP contribution in [-0.2, 0) is 13.2 Å². The quantitative estimate of drug-likeness (QED) is 0.374. The molecule has 3 aromatic carbocycles. The summed E-state index contributed by atoms with van der Waals surface area (Å²) in [6.07, 6.45) is 0. The molecule has 1 fully saturated rings. The monoisotopic (exact) mass is 476 g/mol. The number of nitrogens with zero attached hydrogens (tertiary/aromatic N) is 2. The number of piperazine rings is 1. The van der Waals surface area contributed by atoms with E-state index in [4.69, 9.17) is 4.74 Å². The van der Waals surface area contributed by atoms with Crippen molar-refractivity contribution >= 4 is 5.91 Å². The number of benzene rings is 3. The number of hydrogen-bond acceptors (Lipinski definition) is 3. The smallest absolute Gasteiger partial charge is 0.253 e. The molecule has 9 heteroatoms. The van der Waals surface area contributed by atoms with Gasteiger partial charge >= 0.3 is 0 Å². The second kappa shape index (κ2) is 10.2. The molecule has 1 aliphatic rings. The molecule has 1 aliphatic heterocycles. The Balaban J connectivity index is 1.32. The molecule has 0 radical (unpaired) electrons. The van der Waals surface area contributed by atoms with Gasteiger partial charge in [-0.2, -0.15) is 8.78 Å². The van der Waals surface area contributed by atoms with Gasteiger partial charge in [-0.1, -0.05) is 30.3 Å². The van der Waals surface area contributed by atoms with Gasteiger partial charge in [0.25, 0.3) is 5.91 Å². The topological polar surface area (TPSA) is 32.8 Å². The van der Waals surface area contributed by atoms with Crippen molar-refractivity contribution in [1.82, 2.24) is 9.80 Å². The van der Waals surface area contributed by atoms with Gasteiger partial charge in [-0.25, -0.2) is 13.2 Å². The molecule has 0 aliphatic carbocycles. The summed E-state index contributed by atoms with van der Waals surface area (Å²) in [5.41, 5.74) is 1.48. The van der Waals surface area contributed by atoms with Crippen LogP contribution in [0.2, 0.25) is 0 Å². The molecule has 4 nitrogen and oxygen atoms in total. The molecule has 1 amide bonds. The number of amides is 1. The molecule has 0 unspecified atom stereocenters. The van der Waals surface area contributed by atoms with Crippen molar-refractivity contribution in [3.05, 3.63) is 100 Å². The van der Waals surface area contributed by atoms with Crippen molar-refractivity contribution < 1.29 is 31.5 Å². The van der Waals surface area contributed by atoms with Gasteiger partial charge in [-0.15, -0.1) is 0 Å². The van der Waals surface area contributed by atoms with E-state index in [1.54, 1.807) is 35.2 Å².